The summed E-state index contributed by atoms with van der Waals surface area (Å²) in [6, 6.07) is 14.8. The van der Waals surface area contributed by atoms with E-state index < -0.39 is 0 Å². The molecule has 0 spiro atoms. The van der Waals surface area contributed by atoms with Gasteiger partial charge in [0.1, 0.15) is 0 Å². The van der Waals surface area contributed by atoms with Gasteiger partial charge >= 0.3 is 6.01 Å². The summed E-state index contributed by atoms with van der Waals surface area (Å²) in [6.07, 6.45) is 0.239. The first-order chi connectivity index (χ1) is 11.8. The molecule has 0 saturated heterocycles. The minimum Gasteiger partial charge on any atom is -0.454 e. The zero-order chi connectivity index (χ0) is 16.4. The summed E-state index contributed by atoms with van der Waals surface area (Å²) in [4.78, 5) is 12.0. The van der Waals surface area contributed by atoms with Crippen molar-refractivity contribution in [1.82, 2.24) is 10.2 Å². The Morgan fingerprint density at radius 3 is 2.75 bits per heavy atom. The van der Waals surface area contributed by atoms with Gasteiger partial charge in [0, 0.05) is 5.56 Å². The second-order valence-corrected chi connectivity index (χ2v) is 5.19. The number of ether oxygens (including phenoxy) is 2. The first-order valence-corrected chi connectivity index (χ1v) is 7.35. The summed E-state index contributed by atoms with van der Waals surface area (Å²) in [6.45, 7) is 0.198. The minimum absolute atomic E-state index is 0.0589. The van der Waals surface area contributed by atoms with Crippen LogP contribution in [-0.4, -0.2) is 22.9 Å². The number of rotatable bonds is 4. The molecule has 4 rings (SSSR count). The molecule has 1 aliphatic rings. The Labute approximate surface area is 137 Å². The number of hydrogen-bond acceptors (Lipinski definition) is 6. The number of nitrogens with zero attached hydrogens (tertiary/aromatic N) is 2. The van der Waals surface area contributed by atoms with Crippen LogP contribution in [0.25, 0.3) is 11.5 Å². The Morgan fingerprint density at radius 1 is 1.04 bits per heavy atom. The maximum absolute atomic E-state index is 12.0. The molecule has 1 aromatic heterocycles. The highest BCUT2D eigenvalue weighted by molar-refractivity contribution is 5.90. The van der Waals surface area contributed by atoms with Gasteiger partial charge < -0.3 is 13.9 Å². The molecular formula is C17H13N3O4. The van der Waals surface area contributed by atoms with Crippen LogP contribution in [0.4, 0.5) is 6.01 Å². The zero-order valence-corrected chi connectivity index (χ0v) is 12.6. The number of anilines is 1. The van der Waals surface area contributed by atoms with Crippen molar-refractivity contribution < 1.29 is 18.7 Å². The van der Waals surface area contributed by atoms with E-state index in [0.29, 0.717) is 23.0 Å². The molecule has 1 amide bonds. The van der Waals surface area contributed by atoms with Gasteiger partial charge in [-0.25, -0.2) is 0 Å². The van der Waals surface area contributed by atoms with E-state index in [-0.39, 0.29) is 25.1 Å². The van der Waals surface area contributed by atoms with Gasteiger partial charge in [-0.05, 0) is 23.8 Å². The third-order valence-electron chi connectivity index (χ3n) is 3.50. The van der Waals surface area contributed by atoms with Crippen LogP contribution >= 0.6 is 0 Å². The average Bonchev–Trinajstić information content (AvgIpc) is 3.24. The predicted octanol–water partition coefficient (Wildman–Crippen LogP) is 2.65. The Balaban J connectivity index is 1.46. The molecule has 24 heavy (non-hydrogen) atoms. The van der Waals surface area contributed by atoms with Crippen LogP contribution in [-0.2, 0) is 11.2 Å². The molecule has 7 nitrogen and oxygen atoms in total. The molecular weight excluding hydrogens is 310 g/mol. The van der Waals surface area contributed by atoms with E-state index in [4.69, 9.17) is 13.9 Å². The normalized spacial score (nSPS) is 12.2. The van der Waals surface area contributed by atoms with Crippen molar-refractivity contribution in [2.75, 3.05) is 12.1 Å². The third-order valence-corrected chi connectivity index (χ3v) is 3.50. The van der Waals surface area contributed by atoms with Crippen molar-refractivity contribution in [2.24, 2.45) is 0 Å². The lowest BCUT2D eigenvalue weighted by Crippen LogP contribution is -2.14. The lowest BCUT2D eigenvalue weighted by atomic mass is 10.1. The van der Waals surface area contributed by atoms with Gasteiger partial charge in [-0.3, -0.25) is 10.1 Å². The second kappa shape index (κ2) is 6.04. The zero-order valence-electron chi connectivity index (χ0n) is 12.6. The first kappa shape index (κ1) is 14.3. The lowest BCUT2D eigenvalue weighted by Gasteiger charge is -2.00. The van der Waals surface area contributed by atoms with Crippen LogP contribution in [0.3, 0.4) is 0 Å². The lowest BCUT2D eigenvalue weighted by molar-refractivity contribution is -0.115. The number of nitrogens with one attached hydrogen (secondary N) is 1. The van der Waals surface area contributed by atoms with Crippen LogP contribution < -0.4 is 14.8 Å². The van der Waals surface area contributed by atoms with Gasteiger partial charge in [-0.15, -0.1) is 5.10 Å². The van der Waals surface area contributed by atoms with Crippen molar-refractivity contribution >= 4 is 11.9 Å². The second-order valence-electron chi connectivity index (χ2n) is 5.19. The summed E-state index contributed by atoms with van der Waals surface area (Å²) in [5.41, 5.74) is 1.60. The van der Waals surface area contributed by atoms with Crippen molar-refractivity contribution in [3.63, 3.8) is 0 Å². The van der Waals surface area contributed by atoms with E-state index in [1.807, 2.05) is 30.3 Å². The highest BCUT2D eigenvalue weighted by Crippen LogP contribution is 2.35. The number of amides is 1. The summed E-state index contributed by atoms with van der Waals surface area (Å²) in [5, 5.41) is 10.4. The maximum atomic E-state index is 12.0. The van der Waals surface area contributed by atoms with E-state index in [1.165, 1.54) is 0 Å². The minimum atomic E-state index is -0.220. The molecule has 1 aliphatic heterocycles. The number of aromatic nitrogens is 2. The monoisotopic (exact) mass is 323 g/mol. The van der Waals surface area contributed by atoms with Gasteiger partial charge in [0.05, 0.1) is 6.42 Å². The molecule has 0 unspecified atom stereocenters. The smallest absolute Gasteiger partial charge is 0.322 e. The van der Waals surface area contributed by atoms with Crippen LogP contribution in [0.1, 0.15) is 5.56 Å². The molecule has 120 valence electrons. The molecule has 0 saturated carbocycles. The number of hydrogen-bond donors (Lipinski definition) is 1. The number of carbonyl (C=O) groups excluding carboxylic acids is 1. The largest absolute Gasteiger partial charge is 0.454 e. The van der Waals surface area contributed by atoms with E-state index in [9.17, 15) is 4.79 Å². The van der Waals surface area contributed by atoms with E-state index >= 15 is 0 Å². The van der Waals surface area contributed by atoms with Crippen molar-refractivity contribution in [1.29, 1.82) is 0 Å². The highest BCUT2D eigenvalue weighted by atomic mass is 16.7. The van der Waals surface area contributed by atoms with E-state index in [2.05, 4.69) is 15.5 Å². The third kappa shape index (κ3) is 2.91. The Bertz CT molecular complexity index is 877. The van der Waals surface area contributed by atoms with Crippen LogP contribution in [0.15, 0.2) is 52.9 Å². The fourth-order valence-corrected chi connectivity index (χ4v) is 2.36. The molecule has 0 aliphatic carbocycles. The number of benzene rings is 2. The molecule has 2 aromatic carbocycles. The fraction of sp³-hybridized carbons (Fsp3) is 0.118. The topological polar surface area (TPSA) is 86.5 Å². The quantitative estimate of drug-likeness (QED) is 0.794. The molecule has 1 N–H and O–H groups in total. The van der Waals surface area contributed by atoms with E-state index in [0.717, 1.165) is 5.56 Å². The van der Waals surface area contributed by atoms with Crippen LogP contribution in [0, 0.1) is 0 Å². The predicted molar refractivity (Wildman–Crippen MR) is 84.6 cm³/mol. The molecule has 0 bridgehead atoms. The maximum Gasteiger partial charge on any atom is 0.322 e. The number of carbonyl (C=O) groups is 1. The average molecular weight is 323 g/mol. The Hall–Kier alpha value is -3.35. The van der Waals surface area contributed by atoms with Gasteiger partial charge in [0.2, 0.25) is 18.6 Å². The fourth-order valence-electron chi connectivity index (χ4n) is 2.36. The van der Waals surface area contributed by atoms with E-state index in [1.54, 1.807) is 18.2 Å². The van der Waals surface area contributed by atoms with Crippen molar-refractivity contribution in [3.05, 3.63) is 54.1 Å². The van der Waals surface area contributed by atoms with Gasteiger partial charge in [0.15, 0.2) is 11.5 Å². The number of fused-ring (bicyclic) bond motifs is 1. The van der Waals surface area contributed by atoms with Gasteiger partial charge in [-0.1, -0.05) is 35.4 Å². The Kier molecular flexibility index (Phi) is 3.59. The van der Waals surface area contributed by atoms with Crippen molar-refractivity contribution in [2.45, 2.75) is 6.42 Å². The van der Waals surface area contributed by atoms with Gasteiger partial charge in [-0.2, -0.15) is 0 Å². The van der Waals surface area contributed by atoms with Crippen LogP contribution in [0.5, 0.6) is 11.5 Å². The van der Waals surface area contributed by atoms with Crippen molar-refractivity contribution in [3.8, 4) is 23.0 Å². The summed E-state index contributed by atoms with van der Waals surface area (Å²) in [5.74, 6) is 1.38. The molecule has 7 heteroatoms. The standard InChI is InChI=1S/C17H13N3O4/c21-15(8-11-4-2-1-3-5-11)18-17-20-19-16(24-17)12-6-7-13-14(9-12)23-10-22-13/h1-7,9H,8,10H2,(H,18,20,21). The first-order valence-electron chi connectivity index (χ1n) is 7.35. The highest BCUT2D eigenvalue weighted by Gasteiger charge is 2.17. The molecule has 0 atom stereocenters. The van der Waals surface area contributed by atoms with Crippen LogP contribution in [0.2, 0.25) is 0 Å². The van der Waals surface area contributed by atoms with Gasteiger partial charge in [0.25, 0.3) is 0 Å². The SMILES string of the molecule is O=C(Cc1ccccc1)Nc1nnc(-c2ccc3c(c2)OCO3)o1. The molecule has 0 radical (unpaired) electrons. The summed E-state index contributed by atoms with van der Waals surface area (Å²) in [7, 11) is 0. The molecule has 2 heterocycles. The Morgan fingerprint density at radius 2 is 1.88 bits per heavy atom. The summed E-state index contributed by atoms with van der Waals surface area (Å²) < 4.78 is 16.1. The molecule has 3 aromatic rings. The summed E-state index contributed by atoms with van der Waals surface area (Å²) >= 11 is 0. The molecule has 0 fully saturated rings.